The van der Waals surface area contributed by atoms with Gasteiger partial charge in [0.25, 0.3) is 0 Å². The van der Waals surface area contributed by atoms with E-state index in [0.29, 0.717) is 15.1 Å². The largest absolute Gasteiger partial charge is 0.384 e. The van der Waals surface area contributed by atoms with E-state index in [0.717, 1.165) is 12.2 Å². The van der Waals surface area contributed by atoms with Crippen LogP contribution in [0.15, 0.2) is 12.1 Å². The molecule has 1 aromatic rings. The molecule has 0 radical (unpaired) electrons. The molecule has 0 aliphatic rings. The van der Waals surface area contributed by atoms with Crippen molar-refractivity contribution in [2.45, 2.75) is 6.92 Å². The van der Waals surface area contributed by atoms with Crippen LogP contribution in [0.25, 0.3) is 0 Å². The fourth-order valence-corrected chi connectivity index (χ4v) is 1.46. The number of anilines is 1. The van der Waals surface area contributed by atoms with Crippen LogP contribution in [0.2, 0.25) is 15.1 Å². The summed E-state index contributed by atoms with van der Waals surface area (Å²) in [6, 6.07) is 3.52. The van der Waals surface area contributed by atoms with Gasteiger partial charge in [0.15, 0.2) is 0 Å². The van der Waals surface area contributed by atoms with Gasteiger partial charge in [-0.05, 0) is 19.1 Å². The molecule has 0 aromatic heterocycles. The first-order chi connectivity index (χ1) is 5.66. The fourth-order valence-electron chi connectivity index (χ4n) is 0.853. The summed E-state index contributed by atoms with van der Waals surface area (Å²) in [5, 5.41) is 4.42. The van der Waals surface area contributed by atoms with Crippen LogP contribution in [-0.2, 0) is 0 Å². The predicted molar refractivity (Wildman–Crippen MR) is 55.6 cm³/mol. The second-order valence-corrected chi connectivity index (χ2v) is 3.42. The zero-order valence-electron chi connectivity index (χ0n) is 6.50. The van der Waals surface area contributed by atoms with Crippen LogP contribution in [0.4, 0.5) is 5.69 Å². The van der Waals surface area contributed by atoms with Crippen LogP contribution < -0.4 is 5.32 Å². The van der Waals surface area contributed by atoms with Gasteiger partial charge in [-0.25, -0.2) is 0 Å². The summed E-state index contributed by atoms with van der Waals surface area (Å²) in [5.41, 5.74) is 0.813. The molecule has 0 saturated heterocycles. The van der Waals surface area contributed by atoms with Gasteiger partial charge in [0.1, 0.15) is 0 Å². The molecule has 0 saturated carbocycles. The van der Waals surface area contributed by atoms with Crippen molar-refractivity contribution < 1.29 is 0 Å². The quantitative estimate of drug-likeness (QED) is 0.747. The molecule has 1 aromatic carbocycles. The smallest absolute Gasteiger partial charge is 0.0838 e. The second kappa shape index (κ2) is 4.22. The third kappa shape index (κ3) is 1.98. The summed E-state index contributed by atoms with van der Waals surface area (Å²) in [7, 11) is 0. The van der Waals surface area contributed by atoms with E-state index >= 15 is 0 Å². The summed E-state index contributed by atoms with van der Waals surface area (Å²) in [6.07, 6.45) is 0. The highest BCUT2D eigenvalue weighted by molar-refractivity contribution is 6.49. The van der Waals surface area contributed by atoms with Crippen molar-refractivity contribution in [1.29, 1.82) is 0 Å². The highest BCUT2D eigenvalue weighted by atomic mass is 35.5. The molecule has 4 heteroatoms. The minimum atomic E-state index is 0.400. The third-order valence-electron chi connectivity index (χ3n) is 1.40. The Labute approximate surface area is 86.6 Å². The van der Waals surface area contributed by atoms with Gasteiger partial charge in [-0.2, -0.15) is 0 Å². The van der Waals surface area contributed by atoms with Crippen molar-refractivity contribution in [3.8, 4) is 0 Å². The Kier molecular flexibility index (Phi) is 3.51. The van der Waals surface area contributed by atoms with Gasteiger partial charge in [-0.1, -0.05) is 34.8 Å². The van der Waals surface area contributed by atoms with Crippen molar-refractivity contribution in [2.24, 2.45) is 0 Å². The van der Waals surface area contributed by atoms with Crippen molar-refractivity contribution in [2.75, 3.05) is 11.9 Å². The molecule has 0 amide bonds. The predicted octanol–water partition coefficient (Wildman–Crippen LogP) is 4.08. The lowest BCUT2D eigenvalue weighted by Crippen LogP contribution is -1.96. The molecule has 1 N–H and O–H groups in total. The lowest BCUT2D eigenvalue weighted by atomic mass is 10.3. The number of nitrogens with one attached hydrogen (secondary N) is 1. The molecule has 66 valence electrons. The first kappa shape index (κ1) is 9.97. The maximum atomic E-state index is 5.90. The average molecular weight is 225 g/mol. The van der Waals surface area contributed by atoms with Gasteiger partial charge in [0.2, 0.25) is 0 Å². The van der Waals surface area contributed by atoms with Crippen LogP contribution >= 0.6 is 34.8 Å². The highest BCUT2D eigenvalue weighted by Crippen LogP contribution is 2.35. The Hall–Kier alpha value is -0.110. The van der Waals surface area contributed by atoms with E-state index in [4.69, 9.17) is 34.8 Å². The number of halogens is 3. The van der Waals surface area contributed by atoms with E-state index in [2.05, 4.69) is 5.32 Å². The summed E-state index contributed by atoms with van der Waals surface area (Å²) in [5.74, 6) is 0. The lowest BCUT2D eigenvalue weighted by molar-refractivity contribution is 1.21. The van der Waals surface area contributed by atoms with E-state index in [1.807, 2.05) is 6.92 Å². The van der Waals surface area contributed by atoms with Crippen molar-refractivity contribution >= 4 is 40.5 Å². The minimum absolute atomic E-state index is 0.400. The number of rotatable bonds is 2. The molecule has 1 rings (SSSR count). The Bertz CT molecular complexity index is 286. The first-order valence-electron chi connectivity index (χ1n) is 3.54. The molecule has 1 nitrogen and oxygen atoms in total. The molecular formula is C8H8Cl3N. The zero-order valence-corrected chi connectivity index (χ0v) is 8.76. The molecular weight excluding hydrogens is 216 g/mol. The Morgan fingerprint density at radius 2 is 1.83 bits per heavy atom. The average Bonchev–Trinajstić information content (AvgIpc) is 2.07. The Morgan fingerprint density at radius 1 is 1.17 bits per heavy atom. The summed E-state index contributed by atoms with van der Waals surface area (Å²) < 4.78 is 0. The van der Waals surface area contributed by atoms with E-state index in [-0.39, 0.29) is 0 Å². The van der Waals surface area contributed by atoms with Crippen molar-refractivity contribution in [3.05, 3.63) is 27.2 Å². The van der Waals surface area contributed by atoms with Gasteiger partial charge < -0.3 is 5.32 Å². The molecule has 12 heavy (non-hydrogen) atoms. The highest BCUT2D eigenvalue weighted by Gasteiger charge is 2.06. The van der Waals surface area contributed by atoms with E-state index in [1.54, 1.807) is 12.1 Å². The molecule has 0 fully saturated rings. The topological polar surface area (TPSA) is 12.0 Å². The maximum Gasteiger partial charge on any atom is 0.0838 e. The molecule has 0 bridgehead atoms. The zero-order chi connectivity index (χ0) is 9.14. The Balaban J connectivity index is 3.08. The first-order valence-corrected chi connectivity index (χ1v) is 4.67. The number of hydrogen-bond donors (Lipinski definition) is 1. The van der Waals surface area contributed by atoms with Crippen molar-refractivity contribution in [3.63, 3.8) is 0 Å². The summed E-state index contributed by atoms with van der Waals surface area (Å²) >= 11 is 17.5. The molecule has 0 unspecified atom stereocenters. The monoisotopic (exact) mass is 223 g/mol. The lowest BCUT2D eigenvalue weighted by Gasteiger charge is -2.07. The number of benzene rings is 1. The third-order valence-corrected chi connectivity index (χ3v) is 2.70. The molecule has 0 atom stereocenters. The summed E-state index contributed by atoms with van der Waals surface area (Å²) in [4.78, 5) is 0. The van der Waals surface area contributed by atoms with E-state index in [1.165, 1.54) is 0 Å². The van der Waals surface area contributed by atoms with Crippen LogP contribution in [-0.4, -0.2) is 6.54 Å². The van der Waals surface area contributed by atoms with Crippen LogP contribution in [0.3, 0.4) is 0 Å². The van der Waals surface area contributed by atoms with Crippen LogP contribution in [0.5, 0.6) is 0 Å². The molecule has 0 aliphatic carbocycles. The summed E-state index contributed by atoms with van der Waals surface area (Å²) in [6.45, 7) is 2.79. The second-order valence-electron chi connectivity index (χ2n) is 2.25. The van der Waals surface area contributed by atoms with Crippen molar-refractivity contribution in [1.82, 2.24) is 0 Å². The molecule has 0 heterocycles. The SMILES string of the molecule is CCNc1ccc(Cl)c(Cl)c1Cl. The van der Waals surface area contributed by atoms with Crippen LogP contribution in [0.1, 0.15) is 6.92 Å². The number of hydrogen-bond acceptors (Lipinski definition) is 1. The normalized spacial score (nSPS) is 10.0. The standard InChI is InChI=1S/C8H8Cl3N/c1-2-12-6-4-3-5(9)7(10)8(6)11/h3-4,12H,2H2,1H3. The van der Waals surface area contributed by atoms with Gasteiger partial charge in [0, 0.05) is 6.54 Å². The van der Waals surface area contributed by atoms with Gasteiger partial charge in [-0.15, -0.1) is 0 Å². The van der Waals surface area contributed by atoms with Gasteiger partial charge >= 0.3 is 0 Å². The Morgan fingerprint density at radius 3 is 2.42 bits per heavy atom. The maximum absolute atomic E-state index is 5.90. The minimum Gasteiger partial charge on any atom is -0.384 e. The van der Waals surface area contributed by atoms with E-state index in [9.17, 15) is 0 Å². The van der Waals surface area contributed by atoms with E-state index < -0.39 is 0 Å². The van der Waals surface area contributed by atoms with Gasteiger partial charge in [0.05, 0.1) is 20.8 Å². The molecule has 0 aliphatic heterocycles. The van der Waals surface area contributed by atoms with Crippen LogP contribution in [0, 0.1) is 0 Å². The molecule has 0 spiro atoms. The fraction of sp³-hybridized carbons (Fsp3) is 0.250. The van der Waals surface area contributed by atoms with Gasteiger partial charge in [-0.3, -0.25) is 0 Å².